The molecular formula is C25H29N5O5. The Hall–Kier alpha value is -4.05. The summed E-state index contributed by atoms with van der Waals surface area (Å²) in [6.45, 7) is 1.88. The van der Waals surface area contributed by atoms with Crippen molar-refractivity contribution in [1.82, 2.24) is 14.8 Å². The molecule has 10 heteroatoms. The van der Waals surface area contributed by atoms with Crippen molar-refractivity contribution < 1.29 is 24.1 Å². The van der Waals surface area contributed by atoms with Crippen LogP contribution in [-0.2, 0) is 11.2 Å². The smallest absolute Gasteiger partial charge is 0.255 e. The lowest BCUT2D eigenvalue weighted by Crippen LogP contribution is -2.31. The summed E-state index contributed by atoms with van der Waals surface area (Å²) < 4.78 is 17.8. The molecule has 0 fully saturated rings. The summed E-state index contributed by atoms with van der Waals surface area (Å²) in [4.78, 5) is 18.2. The minimum Gasteiger partial charge on any atom is -0.497 e. The number of carbonyl (C=O) groups excluding carboxylic acids is 1. The van der Waals surface area contributed by atoms with Gasteiger partial charge in [0.25, 0.3) is 5.91 Å². The predicted molar refractivity (Wildman–Crippen MR) is 131 cm³/mol. The number of methoxy groups -OCH3 is 3. The zero-order valence-corrected chi connectivity index (χ0v) is 20.2. The molecule has 0 bridgehead atoms. The van der Waals surface area contributed by atoms with Crippen molar-refractivity contribution >= 4 is 17.5 Å². The summed E-state index contributed by atoms with van der Waals surface area (Å²) in [5.41, 5.74) is 2.56. The van der Waals surface area contributed by atoms with Crippen LogP contribution in [0.5, 0.6) is 17.2 Å². The van der Waals surface area contributed by atoms with Gasteiger partial charge in [-0.1, -0.05) is 6.07 Å². The number of aliphatic hydroxyl groups is 1. The van der Waals surface area contributed by atoms with Crippen LogP contribution in [0.4, 0.5) is 11.6 Å². The number of rotatable bonds is 9. The molecule has 0 aliphatic carbocycles. The fraction of sp³-hybridized carbons (Fsp3) is 0.320. The predicted octanol–water partition coefficient (Wildman–Crippen LogP) is 3.16. The van der Waals surface area contributed by atoms with Crippen LogP contribution in [0.25, 0.3) is 0 Å². The van der Waals surface area contributed by atoms with Crippen LogP contribution in [-0.4, -0.2) is 53.7 Å². The molecule has 0 radical (unpaired) electrons. The van der Waals surface area contributed by atoms with Gasteiger partial charge >= 0.3 is 0 Å². The molecule has 1 aliphatic rings. The van der Waals surface area contributed by atoms with Crippen LogP contribution in [0, 0.1) is 0 Å². The van der Waals surface area contributed by atoms with Gasteiger partial charge in [0.2, 0.25) is 5.95 Å². The van der Waals surface area contributed by atoms with Crippen molar-refractivity contribution in [2.24, 2.45) is 0 Å². The largest absolute Gasteiger partial charge is 0.497 e. The molecule has 3 N–H and O–H groups in total. The number of allylic oxidation sites excluding steroid dienone is 1. The van der Waals surface area contributed by atoms with Crippen LogP contribution in [0.1, 0.15) is 30.8 Å². The first-order valence-electron chi connectivity index (χ1n) is 11.2. The number of amides is 1. The highest BCUT2D eigenvalue weighted by molar-refractivity contribution is 6.06. The number of nitrogens with zero attached hydrogens (tertiary/aromatic N) is 3. The van der Waals surface area contributed by atoms with Crippen molar-refractivity contribution in [3.05, 3.63) is 65.1 Å². The average Bonchev–Trinajstić information content (AvgIpc) is 3.28. The Morgan fingerprint density at radius 2 is 1.83 bits per heavy atom. The molecule has 1 aliphatic heterocycles. The van der Waals surface area contributed by atoms with E-state index in [1.165, 1.54) is 0 Å². The first kappa shape index (κ1) is 24.1. The van der Waals surface area contributed by atoms with E-state index >= 15 is 0 Å². The van der Waals surface area contributed by atoms with E-state index in [9.17, 15) is 9.90 Å². The van der Waals surface area contributed by atoms with Gasteiger partial charge in [-0.3, -0.25) is 4.79 Å². The van der Waals surface area contributed by atoms with Gasteiger partial charge in [-0.05, 0) is 55.3 Å². The van der Waals surface area contributed by atoms with E-state index in [0.29, 0.717) is 58.8 Å². The van der Waals surface area contributed by atoms with Crippen molar-refractivity contribution in [3.8, 4) is 17.2 Å². The highest BCUT2D eigenvalue weighted by Crippen LogP contribution is 2.39. The fourth-order valence-electron chi connectivity index (χ4n) is 4.04. The number of nitrogens with one attached hydrogen (secondary N) is 2. The second-order valence-corrected chi connectivity index (χ2v) is 7.99. The molecule has 3 aromatic rings. The van der Waals surface area contributed by atoms with Crippen molar-refractivity contribution in [2.45, 2.75) is 25.8 Å². The molecule has 2 aromatic carbocycles. The number of anilines is 2. The average molecular weight is 480 g/mol. The van der Waals surface area contributed by atoms with E-state index in [4.69, 9.17) is 14.2 Å². The van der Waals surface area contributed by atoms with E-state index in [1.54, 1.807) is 56.3 Å². The summed E-state index contributed by atoms with van der Waals surface area (Å²) in [7, 11) is 4.73. The maximum atomic E-state index is 13.6. The van der Waals surface area contributed by atoms with Gasteiger partial charge in [0.1, 0.15) is 11.8 Å². The van der Waals surface area contributed by atoms with Crippen molar-refractivity contribution in [3.63, 3.8) is 0 Å². The molecular weight excluding hydrogens is 450 g/mol. The third-order valence-electron chi connectivity index (χ3n) is 5.77. The first-order chi connectivity index (χ1) is 17.0. The lowest BCUT2D eigenvalue weighted by atomic mass is 9.94. The number of ether oxygens (including phenoxy) is 3. The maximum Gasteiger partial charge on any atom is 0.255 e. The number of aryl methyl sites for hydroxylation is 1. The molecule has 1 amide bonds. The van der Waals surface area contributed by atoms with E-state index in [2.05, 4.69) is 20.7 Å². The molecule has 0 unspecified atom stereocenters. The summed E-state index contributed by atoms with van der Waals surface area (Å²) in [5, 5.41) is 20.1. The Balaban J connectivity index is 1.77. The highest BCUT2D eigenvalue weighted by atomic mass is 16.5. The monoisotopic (exact) mass is 479 g/mol. The minimum absolute atomic E-state index is 0.0448. The summed E-state index contributed by atoms with van der Waals surface area (Å²) in [6, 6.07) is 12.1. The fourth-order valence-corrected chi connectivity index (χ4v) is 4.04. The second-order valence-electron chi connectivity index (χ2n) is 7.99. The van der Waals surface area contributed by atoms with Gasteiger partial charge in [-0.2, -0.15) is 10.1 Å². The van der Waals surface area contributed by atoms with Gasteiger partial charge in [0, 0.05) is 24.4 Å². The topological polar surface area (TPSA) is 120 Å². The van der Waals surface area contributed by atoms with E-state index in [1.807, 2.05) is 19.1 Å². The van der Waals surface area contributed by atoms with Crippen LogP contribution < -0.4 is 24.8 Å². The first-order valence-corrected chi connectivity index (χ1v) is 11.2. The Morgan fingerprint density at radius 3 is 2.49 bits per heavy atom. The number of aromatic nitrogens is 3. The van der Waals surface area contributed by atoms with Gasteiger partial charge in [0.05, 0.1) is 26.9 Å². The molecule has 1 aromatic heterocycles. The van der Waals surface area contributed by atoms with Crippen LogP contribution in [0.15, 0.2) is 53.7 Å². The third-order valence-corrected chi connectivity index (χ3v) is 5.77. The van der Waals surface area contributed by atoms with Crippen molar-refractivity contribution in [2.75, 3.05) is 38.6 Å². The number of hydrogen-bond donors (Lipinski definition) is 3. The lowest BCUT2D eigenvalue weighted by molar-refractivity contribution is -0.113. The van der Waals surface area contributed by atoms with Crippen LogP contribution in [0.3, 0.4) is 0 Å². The quantitative estimate of drug-likeness (QED) is 0.428. The van der Waals surface area contributed by atoms with Gasteiger partial charge in [-0.15, -0.1) is 0 Å². The van der Waals surface area contributed by atoms with E-state index < -0.39 is 6.04 Å². The molecule has 4 rings (SSSR count). The van der Waals surface area contributed by atoms with E-state index in [0.717, 1.165) is 5.56 Å². The van der Waals surface area contributed by atoms with Gasteiger partial charge < -0.3 is 30.0 Å². The SMILES string of the molecule is COc1ccc(NC(=O)C2=C(C)Nc3nc(CCCO)nn3[C@H]2c2ccc(OC)c(OC)c2)cc1. The standard InChI is InChI=1S/C25H29N5O5/c1-15-22(24(32)27-17-8-10-18(33-2)11-9-17)23(16-7-12-19(34-3)20(14-16)35-4)30-25(26-15)28-21(29-30)6-5-13-31/h7-12,14,23,31H,5-6,13H2,1-4H3,(H,27,32)(H,26,28,29)/t23-/m0/s1. The van der Waals surface area contributed by atoms with Crippen LogP contribution in [0.2, 0.25) is 0 Å². The Kier molecular flexibility index (Phi) is 7.21. The Labute approximate surface area is 203 Å². The Bertz CT molecular complexity index is 1240. The molecule has 2 heterocycles. The zero-order valence-electron chi connectivity index (χ0n) is 20.2. The summed E-state index contributed by atoms with van der Waals surface area (Å²) in [6.07, 6.45) is 1.06. The van der Waals surface area contributed by atoms with E-state index in [-0.39, 0.29) is 12.5 Å². The molecule has 1 atom stereocenters. The van der Waals surface area contributed by atoms with Crippen LogP contribution >= 0.6 is 0 Å². The molecule has 0 saturated carbocycles. The molecule has 10 nitrogen and oxygen atoms in total. The number of benzene rings is 2. The van der Waals surface area contributed by atoms with Gasteiger partial charge in [-0.25, -0.2) is 4.68 Å². The molecule has 0 saturated heterocycles. The molecule has 0 spiro atoms. The zero-order chi connectivity index (χ0) is 24.9. The minimum atomic E-state index is -0.570. The Morgan fingerprint density at radius 1 is 1.09 bits per heavy atom. The summed E-state index contributed by atoms with van der Waals surface area (Å²) >= 11 is 0. The second kappa shape index (κ2) is 10.5. The summed E-state index contributed by atoms with van der Waals surface area (Å²) in [5.74, 6) is 2.64. The van der Waals surface area contributed by atoms with Gasteiger partial charge in [0.15, 0.2) is 17.3 Å². The maximum absolute atomic E-state index is 13.6. The molecule has 35 heavy (non-hydrogen) atoms. The number of hydrogen-bond acceptors (Lipinski definition) is 8. The number of carbonyl (C=O) groups is 1. The number of fused-ring (bicyclic) bond motifs is 1. The normalized spacial score (nSPS) is 14.7. The van der Waals surface area contributed by atoms with Crippen molar-refractivity contribution in [1.29, 1.82) is 0 Å². The number of aliphatic hydroxyl groups excluding tert-OH is 1. The highest BCUT2D eigenvalue weighted by Gasteiger charge is 2.34. The molecule has 184 valence electrons. The lowest BCUT2D eigenvalue weighted by Gasteiger charge is -2.29. The third kappa shape index (κ3) is 4.92.